The molecule has 8 nitrogen and oxygen atoms in total. The van der Waals surface area contributed by atoms with Crippen LogP contribution in [0.5, 0.6) is 0 Å². The topological polar surface area (TPSA) is 113 Å². The van der Waals surface area contributed by atoms with Gasteiger partial charge in [0, 0.05) is 55.0 Å². The summed E-state index contributed by atoms with van der Waals surface area (Å²) in [7, 11) is 1.63. The summed E-state index contributed by atoms with van der Waals surface area (Å²) in [5, 5.41) is 12.6. The first kappa shape index (κ1) is 24.5. The SMILES string of the molecule is CNC(=O)c1ccc(CN(CCc2c[nH]c3ccccc23)[C@H]2CCc3cc(/C=C/C(=O)NO)ccc32)[nH]1. The van der Waals surface area contributed by atoms with E-state index in [0.717, 1.165) is 42.6 Å². The number of aromatic amines is 2. The molecule has 0 spiro atoms. The van der Waals surface area contributed by atoms with E-state index in [4.69, 9.17) is 5.21 Å². The Labute approximate surface area is 215 Å². The van der Waals surface area contributed by atoms with E-state index in [0.29, 0.717) is 12.2 Å². The zero-order valence-corrected chi connectivity index (χ0v) is 20.8. The molecule has 2 amide bonds. The Morgan fingerprint density at radius 3 is 2.86 bits per heavy atom. The van der Waals surface area contributed by atoms with Crippen molar-refractivity contribution in [2.24, 2.45) is 0 Å². The Hall–Kier alpha value is -4.14. The summed E-state index contributed by atoms with van der Waals surface area (Å²) in [6.45, 7) is 1.56. The number of amides is 2. The highest BCUT2D eigenvalue weighted by Crippen LogP contribution is 2.37. The van der Waals surface area contributed by atoms with Crippen LogP contribution in [0.4, 0.5) is 0 Å². The van der Waals surface area contributed by atoms with Gasteiger partial charge in [-0.25, -0.2) is 5.48 Å². The van der Waals surface area contributed by atoms with Gasteiger partial charge in [-0.2, -0.15) is 0 Å². The van der Waals surface area contributed by atoms with Crippen molar-refractivity contribution in [1.29, 1.82) is 0 Å². The zero-order valence-electron chi connectivity index (χ0n) is 20.8. The molecule has 37 heavy (non-hydrogen) atoms. The Morgan fingerprint density at radius 2 is 2.03 bits per heavy atom. The first-order valence-corrected chi connectivity index (χ1v) is 12.5. The first-order valence-electron chi connectivity index (χ1n) is 12.5. The maximum Gasteiger partial charge on any atom is 0.267 e. The third kappa shape index (κ3) is 5.35. The second kappa shape index (κ2) is 10.9. The maximum absolute atomic E-state index is 12.1. The summed E-state index contributed by atoms with van der Waals surface area (Å²) in [5.74, 6) is -0.679. The lowest BCUT2D eigenvalue weighted by atomic mass is 10.0. The minimum absolute atomic E-state index is 0.127. The van der Waals surface area contributed by atoms with E-state index in [-0.39, 0.29) is 11.9 Å². The quantitative estimate of drug-likeness (QED) is 0.136. The highest BCUT2D eigenvalue weighted by atomic mass is 16.5. The second-order valence-electron chi connectivity index (χ2n) is 9.38. The third-order valence-electron chi connectivity index (χ3n) is 7.13. The van der Waals surface area contributed by atoms with Crippen LogP contribution in [0.1, 0.15) is 50.9 Å². The number of carbonyl (C=O) groups excluding carboxylic acids is 2. The number of nitrogens with zero attached hydrogens (tertiary/aromatic N) is 1. The van der Waals surface area contributed by atoms with Gasteiger partial charge in [-0.1, -0.05) is 36.4 Å². The highest BCUT2D eigenvalue weighted by molar-refractivity contribution is 5.92. The lowest BCUT2D eigenvalue weighted by Crippen LogP contribution is -2.29. The van der Waals surface area contributed by atoms with Crippen LogP contribution in [0.25, 0.3) is 17.0 Å². The molecule has 2 aromatic heterocycles. The van der Waals surface area contributed by atoms with Crippen molar-refractivity contribution in [3.05, 3.63) is 101 Å². The predicted molar refractivity (Wildman–Crippen MR) is 143 cm³/mol. The number of para-hydroxylation sites is 1. The van der Waals surface area contributed by atoms with Crippen LogP contribution < -0.4 is 10.8 Å². The number of aromatic nitrogens is 2. The van der Waals surface area contributed by atoms with Gasteiger partial charge in [0.15, 0.2) is 0 Å². The average molecular weight is 498 g/mol. The maximum atomic E-state index is 12.1. The molecule has 1 aliphatic carbocycles. The largest absolute Gasteiger partial charge is 0.361 e. The number of aryl methyl sites for hydroxylation is 1. The van der Waals surface area contributed by atoms with Gasteiger partial charge < -0.3 is 15.3 Å². The number of rotatable bonds is 9. The average Bonchev–Trinajstić information content (AvgIpc) is 3.67. The highest BCUT2D eigenvalue weighted by Gasteiger charge is 2.28. The monoisotopic (exact) mass is 497 g/mol. The van der Waals surface area contributed by atoms with Crippen LogP contribution in [-0.2, 0) is 24.2 Å². The standard InChI is InChI=1S/C29H31N5O3/c1-30-29(36)26-11-9-22(32-26)18-34(15-14-21-17-31-25-5-3-2-4-23(21)25)27-12-8-20-16-19(6-10-24(20)27)7-13-28(35)33-37/h2-7,9-11,13,16-17,27,31-32,37H,8,12,14-15,18H2,1H3,(H,30,36)(H,33,35)/b13-7+/t27-/m0/s1. The van der Waals surface area contributed by atoms with Crippen molar-refractivity contribution >= 4 is 28.8 Å². The fraction of sp³-hybridized carbons (Fsp3) is 0.241. The molecule has 0 unspecified atom stereocenters. The number of H-pyrrole nitrogens is 2. The molecular weight excluding hydrogens is 466 g/mol. The molecule has 0 aliphatic heterocycles. The lowest BCUT2D eigenvalue weighted by Gasteiger charge is -2.29. The molecule has 1 aliphatic rings. The van der Waals surface area contributed by atoms with Gasteiger partial charge in [0.05, 0.1) is 0 Å². The molecule has 4 aromatic rings. The molecule has 8 heteroatoms. The molecule has 0 saturated heterocycles. The first-order chi connectivity index (χ1) is 18.1. The van der Waals surface area contributed by atoms with E-state index in [1.807, 2.05) is 24.3 Å². The zero-order chi connectivity index (χ0) is 25.8. The van der Waals surface area contributed by atoms with Gasteiger partial charge >= 0.3 is 0 Å². The molecule has 0 saturated carbocycles. The van der Waals surface area contributed by atoms with Crippen molar-refractivity contribution in [1.82, 2.24) is 25.7 Å². The van der Waals surface area contributed by atoms with Crippen molar-refractivity contribution in [2.75, 3.05) is 13.6 Å². The molecule has 1 atom stereocenters. The van der Waals surface area contributed by atoms with Crippen molar-refractivity contribution in [2.45, 2.75) is 31.8 Å². The van der Waals surface area contributed by atoms with Crippen LogP contribution in [0, 0.1) is 0 Å². The predicted octanol–water partition coefficient (Wildman–Crippen LogP) is 4.11. The number of carbonyl (C=O) groups is 2. The summed E-state index contributed by atoms with van der Waals surface area (Å²) in [5.41, 5.74) is 9.10. The van der Waals surface area contributed by atoms with E-state index in [9.17, 15) is 9.59 Å². The molecule has 0 radical (unpaired) electrons. The number of nitrogens with one attached hydrogen (secondary N) is 4. The van der Waals surface area contributed by atoms with E-state index < -0.39 is 5.91 Å². The molecule has 0 bridgehead atoms. The van der Waals surface area contributed by atoms with Crippen molar-refractivity contribution in [3.63, 3.8) is 0 Å². The number of benzene rings is 2. The van der Waals surface area contributed by atoms with Crippen LogP contribution in [0.3, 0.4) is 0 Å². The molecule has 5 N–H and O–H groups in total. The van der Waals surface area contributed by atoms with E-state index in [1.54, 1.807) is 18.6 Å². The lowest BCUT2D eigenvalue weighted by molar-refractivity contribution is -0.124. The second-order valence-corrected chi connectivity index (χ2v) is 9.38. The summed E-state index contributed by atoms with van der Waals surface area (Å²) in [6, 6.07) is 18.7. The Bertz CT molecular complexity index is 1450. The van der Waals surface area contributed by atoms with Gasteiger partial charge in [-0.05, 0) is 65.8 Å². The Kier molecular flexibility index (Phi) is 7.20. The van der Waals surface area contributed by atoms with Crippen LogP contribution in [0.15, 0.2) is 66.9 Å². The van der Waals surface area contributed by atoms with E-state index in [2.05, 4.69) is 56.7 Å². The fourth-order valence-corrected chi connectivity index (χ4v) is 5.27. The van der Waals surface area contributed by atoms with Gasteiger partial charge in [0.25, 0.3) is 11.8 Å². The van der Waals surface area contributed by atoms with Crippen molar-refractivity contribution in [3.8, 4) is 0 Å². The minimum Gasteiger partial charge on any atom is -0.361 e. The normalized spacial score (nSPS) is 14.9. The number of hydrogen-bond donors (Lipinski definition) is 5. The Morgan fingerprint density at radius 1 is 1.16 bits per heavy atom. The fourth-order valence-electron chi connectivity index (χ4n) is 5.27. The summed E-state index contributed by atoms with van der Waals surface area (Å²) < 4.78 is 0. The van der Waals surface area contributed by atoms with E-state index >= 15 is 0 Å². The number of hydrogen-bond acceptors (Lipinski definition) is 4. The minimum atomic E-state index is -0.552. The van der Waals surface area contributed by atoms with Crippen LogP contribution in [0.2, 0.25) is 0 Å². The summed E-state index contributed by atoms with van der Waals surface area (Å²) >= 11 is 0. The molecular formula is C29H31N5O3. The third-order valence-corrected chi connectivity index (χ3v) is 7.13. The molecule has 5 rings (SSSR count). The van der Waals surface area contributed by atoms with Gasteiger partial charge in [-0.3, -0.25) is 19.7 Å². The van der Waals surface area contributed by atoms with Gasteiger partial charge in [0.1, 0.15) is 5.69 Å². The summed E-state index contributed by atoms with van der Waals surface area (Å²) in [6.07, 6.45) is 7.97. The number of hydroxylamine groups is 1. The number of fused-ring (bicyclic) bond motifs is 2. The van der Waals surface area contributed by atoms with Gasteiger partial charge in [-0.15, -0.1) is 0 Å². The molecule has 190 valence electrons. The van der Waals surface area contributed by atoms with Crippen LogP contribution in [-0.4, -0.2) is 45.5 Å². The van der Waals surface area contributed by atoms with E-state index in [1.165, 1.54) is 28.2 Å². The van der Waals surface area contributed by atoms with Crippen molar-refractivity contribution < 1.29 is 14.8 Å². The smallest absolute Gasteiger partial charge is 0.267 e. The molecule has 2 aromatic carbocycles. The Balaban J connectivity index is 1.39. The molecule has 0 fully saturated rings. The molecule has 2 heterocycles. The van der Waals surface area contributed by atoms with Gasteiger partial charge in [0.2, 0.25) is 0 Å². The van der Waals surface area contributed by atoms with Crippen LogP contribution >= 0.6 is 0 Å². The summed E-state index contributed by atoms with van der Waals surface area (Å²) in [4.78, 5) is 32.6.